The Hall–Kier alpha value is -12.7. The third kappa shape index (κ3) is 10.3. The molecule has 18 rings (SSSR count). The van der Waals surface area contributed by atoms with Crippen LogP contribution < -0.4 is 0 Å². The van der Waals surface area contributed by atoms with Crippen molar-refractivity contribution in [2.45, 2.75) is 0 Å². The molecule has 0 radical (unpaired) electrons. The zero-order chi connectivity index (χ0) is 64.2. The van der Waals surface area contributed by atoms with E-state index in [9.17, 15) is 0 Å². The third-order valence-electron chi connectivity index (χ3n) is 19.8. The van der Waals surface area contributed by atoms with Gasteiger partial charge < -0.3 is 4.57 Å². The number of benzene rings is 17. The quantitative estimate of drug-likeness (QED) is 0.107. The number of hydrogen-bond donors (Lipinski definition) is 0. The van der Waals surface area contributed by atoms with Gasteiger partial charge in [0.25, 0.3) is 0 Å². The van der Waals surface area contributed by atoms with Gasteiger partial charge in [-0.15, -0.1) is 0 Å². The Bertz CT molecular complexity index is 5740. The minimum atomic E-state index is 1.13. The van der Waals surface area contributed by atoms with Crippen molar-refractivity contribution in [1.29, 1.82) is 0 Å². The Morgan fingerprint density at radius 2 is 0.433 bits per heavy atom. The van der Waals surface area contributed by atoms with E-state index in [0.29, 0.717) is 0 Å². The Balaban J connectivity index is 0.848. The van der Waals surface area contributed by atoms with Crippen LogP contribution in [0, 0.1) is 0 Å². The molecule has 452 valence electrons. The van der Waals surface area contributed by atoms with Crippen LogP contribution in [-0.2, 0) is 0 Å². The van der Waals surface area contributed by atoms with Crippen LogP contribution in [0.1, 0.15) is 0 Å². The molecule has 17 aromatic carbocycles. The lowest BCUT2D eigenvalue weighted by Gasteiger charge is -2.18. The van der Waals surface area contributed by atoms with Crippen LogP contribution >= 0.6 is 0 Å². The first-order valence-corrected chi connectivity index (χ1v) is 33.5. The summed E-state index contributed by atoms with van der Waals surface area (Å²) in [4.78, 5) is 0. The van der Waals surface area contributed by atoms with E-state index in [-0.39, 0.29) is 0 Å². The molecule has 1 heteroatoms. The summed E-state index contributed by atoms with van der Waals surface area (Å²) in [6, 6.07) is 141. The lowest BCUT2D eigenvalue weighted by Crippen LogP contribution is -1.97. The van der Waals surface area contributed by atoms with E-state index < -0.39 is 0 Å². The van der Waals surface area contributed by atoms with Crippen LogP contribution in [0.2, 0.25) is 0 Å². The van der Waals surface area contributed by atoms with Gasteiger partial charge in [-0.05, 0) is 210 Å². The first kappa shape index (κ1) is 57.0. The average molecular weight is 1230 g/mol. The zero-order valence-corrected chi connectivity index (χ0v) is 53.3. The molecular formula is C96H63N. The molecule has 0 aliphatic heterocycles. The van der Waals surface area contributed by atoms with Crippen molar-refractivity contribution in [2.24, 2.45) is 0 Å². The summed E-state index contributed by atoms with van der Waals surface area (Å²) in [6.45, 7) is 0. The van der Waals surface area contributed by atoms with E-state index in [2.05, 4.69) is 387 Å². The molecule has 1 heterocycles. The first-order chi connectivity index (χ1) is 48.1. The molecule has 18 aromatic rings. The fourth-order valence-corrected chi connectivity index (χ4v) is 15.2. The van der Waals surface area contributed by atoms with Crippen molar-refractivity contribution < 1.29 is 0 Å². The molecule has 0 unspecified atom stereocenters. The zero-order valence-electron chi connectivity index (χ0n) is 53.3. The lowest BCUT2D eigenvalue weighted by molar-refractivity contribution is 1.20. The van der Waals surface area contributed by atoms with Crippen molar-refractivity contribution >= 4 is 54.1 Å². The van der Waals surface area contributed by atoms with Crippen LogP contribution in [0.15, 0.2) is 382 Å². The molecule has 0 amide bonds. The molecule has 0 saturated heterocycles. The number of rotatable bonds is 12. The smallest absolute Gasteiger partial charge is 0.0541 e. The predicted octanol–water partition coefficient (Wildman–Crippen LogP) is 26.6. The van der Waals surface area contributed by atoms with E-state index in [1.807, 2.05) is 0 Å². The van der Waals surface area contributed by atoms with Gasteiger partial charge in [-0.25, -0.2) is 0 Å². The van der Waals surface area contributed by atoms with E-state index in [4.69, 9.17) is 0 Å². The highest BCUT2D eigenvalue weighted by Gasteiger charge is 2.23. The van der Waals surface area contributed by atoms with Crippen LogP contribution in [0.3, 0.4) is 0 Å². The van der Waals surface area contributed by atoms with E-state index in [1.54, 1.807) is 0 Å². The molecule has 0 spiro atoms. The highest BCUT2D eigenvalue weighted by Crippen LogP contribution is 2.48. The molecular weight excluding hydrogens is 1170 g/mol. The minimum Gasteiger partial charge on any atom is -0.309 e. The molecule has 1 nitrogen and oxygen atoms in total. The third-order valence-corrected chi connectivity index (χ3v) is 19.8. The Kier molecular flexibility index (Phi) is 14.3. The Morgan fingerprint density at radius 1 is 0.134 bits per heavy atom. The highest BCUT2D eigenvalue weighted by molar-refractivity contribution is 6.18. The minimum absolute atomic E-state index is 1.13. The van der Waals surface area contributed by atoms with Crippen molar-refractivity contribution in [1.82, 2.24) is 4.57 Å². The standard InChI is InChI=1S/C96H63N/c1-7-25-64(26-8-1)70-43-49-78(87(57-70)66-29-11-3-12-30-66)73-45-51-80(89(59-73)68-33-15-5-16-34-68)75-47-54-95-92(62-75)93-63-76(48-55-96(93)97(95)94-56-53-85(83-40-23-24-42-86(83)94)91-61-72-37-19-20-38-77(72)82-39-21-22-41-84(82)91)81-52-46-74(60-90(81)69-35-17-6-18-36-69)79-50-44-71(65-27-9-2-10-28-65)58-88(79)67-31-13-4-14-32-67/h1-63H. The maximum Gasteiger partial charge on any atom is 0.0541 e. The largest absolute Gasteiger partial charge is 0.309 e. The van der Waals surface area contributed by atoms with E-state index in [1.165, 1.54) is 132 Å². The van der Waals surface area contributed by atoms with E-state index >= 15 is 0 Å². The maximum atomic E-state index is 2.53. The molecule has 0 bridgehead atoms. The summed E-state index contributed by atoms with van der Waals surface area (Å²) in [5.41, 5.74) is 29.4. The molecule has 0 saturated carbocycles. The van der Waals surface area contributed by atoms with Gasteiger partial charge in [0.05, 0.1) is 16.7 Å². The van der Waals surface area contributed by atoms with Gasteiger partial charge in [0.2, 0.25) is 0 Å². The lowest BCUT2D eigenvalue weighted by atomic mass is 9.87. The summed E-state index contributed by atoms with van der Waals surface area (Å²) in [5.74, 6) is 0. The number of nitrogens with zero attached hydrogens (tertiary/aromatic N) is 1. The molecule has 0 fully saturated rings. The van der Waals surface area contributed by atoms with Crippen molar-refractivity contribution in [3.63, 3.8) is 0 Å². The summed E-state index contributed by atoms with van der Waals surface area (Å²) in [7, 11) is 0. The molecule has 0 N–H and O–H groups in total. The van der Waals surface area contributed by atoms with Crippen molar-refractivity contribution in [3.05, 3.63) is 382 Å². The molecule has 1 aromatic heterocycles. The maximum absolute atomic E-state index is 2.53. The van der Waals surface area contributed by atoms with Gasteiger partial charge >= 0.3 is 0 Å². The summed E-state index contributed by atoms with van der Waals surface area (Å²) in [5, 5.41) is 9.76. The van der Waals surface area contributed by atoms with Gasteiger partial charge in [-0.3, -0.25) is 0 Å². The second-order valence-electron chi connectivity index (χ2n) is 25.4. The van der Waals surface area contributed by atoms with Gasteiger partial charge in [-0.1, -0.05) is 322 Å². The van der Waals surface area contributed by atoms with E-state index in [0.717, 1.165) is 50.1 Å². The van der Waals surface area contributed by atoms with Crippen LogP contribution in [-0.4, -0.2) is 4.57 Å². The highest BCUT2D eigenvalue weighted by atomic mass is 15.0. The first-order valence-electron chi connectivity index (χ1n) is 33.5. The second-order valence-corrected chi connectivity index (χ2v) is 25.4. The van der Waals surface area contributed by atoms with Gasteiger partial charge in [-0.2, -0.15) is 0 Å². The Morgan fingerprint density at radius 3 is 0.856 bits per heavy atom. The topological polar surface area (TPSA) is 4.93 Å². The molecule has 0 atom stereocenters. The monoisotopic (exact) mass is 1230 g/mol. The second kappa shape index (κ2) is 24.3. The SMILES string of the molecule is c1ccc(-c2ccc(-c3ccc(-c4ccc5c(c4)c4cc(-c6ccc(-c7ccc(-c8ccccc8)cc7-c7ccccc7)cc6-c6ccccc6)ccc4n5-c4ccc(-c5cc6ccccc6c6ccccc56)c5ccccc45)c(-c4ccccc4)c3)c(-c3ccccc3)c2)cc1. The molecule has 0 aliphatic rings. The van der Waals surface area contributed by atoms with Gasteiger partial charge in [0.1, 0.15) is 0 Å². The number of hydrogen-bond acceptors (Lipinski definition) is 0. The number of fused-ring (bicyclic) bond motifs is 7. The van der Waals surface area contributed by atoms with Gasteiger partial charge in [0.15, 0.2) is 0 Å². The summed E-state index contributed by atoms with van der Waals surface area (Å²) < 4.78 is 2.53. The van der Waals surface area contributed by atoms with Crippen molar-refractivity contribution in [2.75, 3.05) is 0 Å². The summed E-state index contributed by atoms with van der Waals surface area (Å²) >= 11 is 0. The van der Waals surface area contributed by atoms with Crippen LogP contribution in [0.5, 0.6) is 0 Å². The normalized spacial score (nSPS) is 11.5. The number of aromatic nitrogens is 1. The van der Waals surface area contributed by atoms with Crippen LogP contribution in [0.4, 0.5) is 0 Å². The Labute approximate surface area is 565 Å². The van der Waals surface area contributed by atoms with Crippen LogP contribution in [0.25, 0.3) is 182 Å². The molecule has 97 heavy (non-hydrogen) atoms. The fraction of sp³-hybridized carbons (Fsp3) is 0. The average Bonchev–Trinajstić information content (AvgIpc) is 1.63. The fourth-order valence-electron chi connectivity index (χ4n) is 15.2. The van der Waals surface area contributed by atoms with Gasteiger partial charge in [0, 0.05) is 16.2 Å². The van der Waals surface area contributed by atoms with Crippen molar-refractivity contribution in [3.8, 4) is 128 Å². The molecule has 0 aliphatic carbocycles. The summed E-state index contributed by atoms with van der Waals surface area (Å²) in [6.07, 6.45) is 0. The predicted molar refractivity (Wildman–Crippen MR) is 413 cm³/mol.